The monoisotopic (exact) mass is 366 g/mol. The average Bonchev–Trinajstić information content (AvgIpc) is 3.08. The fourth-order valence-corrected chi connectivity index (χ4v) is 2.96. The molecule has 7 heteroatoms. The van der Waals surface area contributed by atoms with Crippen LogP contribution < -0.4 is 16.0 Å². The molecule has 0 aliphatic carbocycles. The van der Waals surface area contributed by atoms with Crippen molar-refractivity contribution in [3.05, 3.63) is 77.3 Å². The van der Waals surface area contributed by atoms with Gasteiger partial charge < -0.3 is 10.6 Å². The molecule has 0 aliphatic rings. The van der Waals surface area contributed by atoms with E-state index in [9.17, 15) is 9.59 Å². The quantitative estimate of drug-likeness (QED) is 0.623. The van der Waals surface area contributed by atoms with Crippen molar-refractivity contribution < 1.29 is 9.59 Å². The van der Waals surface area contributed by atoms with Crippen molar-refractivity contribution in [2.45, 2.75) is 13.0 Å². The Bertz CT molecular complexity index is 866. The van der Waals surface area contributed by atoms with Gasteiger partial charge in [-0.25, -0.2) is 9.78 Å². The van der Waals surface area contributed by atoms with E-state index in [1.165, 1.54) is 11.3 Å². The second-order valence-corrected chi connectivity index (χ2v) is 6.39. The molecule has 3 rings (SSSR count). The van der Waals surface area contributed by atoms with E-state index in [0.29, 0.717) is 23.1 Å². The Morgan fingerprint density at radius 3 is 2.35 bits per heavy atom. The molecule has 3 N–H and O–H groups in total. The molecule has 3 amide bonds. The third-order valence-electron chi connectivity index (χ3n) is 3.48. The van der Waals surface area contributed by atoms with Crippen LogP contribution in [0, 0.1) is 0 Å². The second kappa shape index (κ2) is 8.77. The van der Waals surface area contributed by atoms with Crippen molar-refractivity contribution in [2.75, 3.05) is 10.6 Å². The highest BCUT2D eigenvalue weighted by Gasteiger charge is 2.10. The maximum Gasteiger partial charge on any atom is 0.325 e. The van der Waals surface area contributed by atoms with Gasteiger partial charge in [-0.1, -0.05) is 48.5 Å². The summed E-state index contributed by atoms with van der Waals surface area (Å²) in [4.78, 5) is 28.2. The zero-order chi connectivity index (χ0) is 18.2. The van der Waals surface area contributed by atoms with Gasteiger partial charge in [-0.3, -0.25) is 10.1 Å². The highest BCUT2D eigenvalue weighted by Crippen LogP contribution is 2.16. The molecule has 0 spiro atoms. The Morgan fingerprint density at radius 1 is 0.923 bits per heavy atom. The summed E-state index contributed by atoms with van der Waals surface area (Å²) < 4.78 is 0. The standard InChI is InChI=1S/C19H18N4O2S/c24-17(20-12-14-7-3-1-4-8-14)11-16-13-26-19(22-16)23-18(25)21-15-9-5-2-6-10-15/h1-10,13H,11-12H2,(H,20,24)(H2,21,22,23,25). The highest BCUT2D eigenvalue weighted by molar-refractivity contribution is 7.14. The van der Waals surface area contributed by atoms with Crippen molar-refractivity contribution in [3.63, 3.8) is 0 Å². The maximum absolute atomic E-state index is 12.0. The molecule has 0 saturated heterocycles. The van der Waals surface area contributed by atoms with E-state index in [4.69, 9.17) is 0 Å². The summed E-state index contributed by atoms with van der Waals surface area (Å²) in [6.07, 6.45) is 0.172. The van der Waals surface area contributed by atoms with E-state index in [-0.39, 0.29) is 18.4 Å². The minimum Gasteiger partial charge on any atom is -0.352 e. The molecule has 0 aliphatic heterocycles. The predicted octanol–water partition coefficient (Wildman–Crippen LogP) is 3.65. The number of nitrogens with one attached hydrogen (secondary N) is 3. The lowest BCUT2D eigenvalue weighted by Crippen LogP contribution is -2.24. The van der Waals surface area contributed by atoms with Crippen LogP contribution in [-0.2, 0) is 17.8 Å². The van der Waals surface area contributed by atoms with Gasteiger partial charge in [0.05, 0.1) is 12.1 Å². The number of para-hydroxylation sites is 1. The van der Waals surface area contributed by atoms with Gasteiger partial charge in [0.2, 0.25) is 5.91 Å². The lowest BCUT2D eigenvalue weighted by atomic mass is 10.2. The molecule has 1 heterocycles. The van der Waals surface area contributed by atoms with Crippen LogP contribution in [0.15, 0.2) is 66.0 Å². The molecule has 3 aromatic rings. The fraction of sp³-hybridized carbons (Fsp3) is 0.105. The minimum absolute atomic E-state index is 0.112. The highest BCUT2D eigenvalue weighted by atomic mass is 32.1. The first-order valence-corrected chi connectivity index (χ1v) is 8.95. The van der Waals surface area contributed by atoms with E-state index in [1.807, 2.05) is 48.5 Å². The van der Waals surface area contributed by atoms with E-state index in [0.717, 1.165) is 5.56 Å². The molecule has 0 atom stereocenters. The molecular weight excluding hydrogens is 348 g/mol. The molecule has 1 aromatic heterocycles. The number of benzene rings is 2. The summed E-state index contributed by atoms with van der Waals surface area (Å²) in [7, 11) is 0. The zero-order valence-electron chi connectivity index (χ0n) is 13.9. The van der Waals surface area contributed by atoms with Crippen molar-refractivity contribution in [2.24, 2.45) is 0 Å². The fourth-order valence-electron chi connectivity index (χ4n) is 2.25. The Hall–Kier alpha value is -3.19. The molecular formula is C19H18N4O2S. The summed E-state index contributed by atoms with van der Waals surface area (Å²) in [5, 5.41) is 10.5. The normalized spacial score (nSPS) is 10.2. The number of amides is 3. The smallest absolute Gasteiger partial charge is 0.325 e. The lowest BCUT2D eigenvalue weighted by molar-refractivity contribution is -0.120. The predicted molar refractivity (Wildman–Crippen MR) is 103 cm³/mol. The summed E-state index contributed by atoms with van der Waals surface area (Å²) in [5.41, 5.74) is 2.36. The number of rotatable bonds is 6. The number of aromatic nitrogens is 1. The third kappa shape index (κ3) is 5.42. The molecule has 0 bridgehead atoms. The van der Waals surface area contributed by atoms with Gasteiger partial charge in [0.15, 0.2) is 5.13 Å². The van der Waals surface area contributed by atoms with Crippen LogP contribution in [0.25, 0.3) is 0 Å². The molecule has 6 nitrogen and oxygen atoms in total. The summed E-state index contributed by atoms with van der Waals surface area (Å²) >= 11 is 1.28. The van der Waals surface area contributed by atoms with Crippen molar-refractivity contribution in [1.82, 2.24) is 10.3 Å². The first-order chi connectivity index (χ1) is 12.7. The van der Waals surface area contributed by atoms with Crippen molar-refractivity contribution >= 4 is 34.1 Å². The average molecular weight is 366 g/mol. The van der Waals surface area contributed by atoms with Crippen molar-refractivity contribution in [3.8, 4) is 0 Å². The molecule has 2 aromatic carbocycles. The third-order valence-corrected chi connectivity index (χ3v) is 4.28. The molecule has 0 fully saturated rings. The second-order valence-electron chi connectivity index (χ2n) is 5.53. The Labute approximate surface area is 155 Å². The number of urea groups is 1. The van der Waals surface area contributed by atoms with Crippen LogP contribution in [0.1, 0.15) is 11.3 Å². The molecule has 26 heavy (non-hydrogen) atoms. The maximum atomic E-state index is 12.0. The topological polar surface area (TPSA) is 83.1 Å². The Kier molecular flexibility index (Phi) is 5.95. The van der Waals surface area contributed by atoms with Crippen LogP contribution in [0.4, 0.5) is 15.6 Å². The summed E-state index contributed by atoms with van der Waals surface area (Å²) in [5.74, 6) is -0.112. The SMILES string of the molecule is O=C(Cc1csc(NC(=O)Nc2ccccc2)n1)NCc1ccccc1. The van der Waals surface area contributed by atoms with Gasteiger partial charge in [0.25, 0.3) is 0 Å². The number of carbonyl (C=O) groups excluding carboxylic acids is 2. The van der Waals surface area contributed by atoms with E-state index in [2.05, 4.69) is 20.9 Å². The number of nitrogens with zero attached hydrogens (tertiary/aromatic N) is 1. The molecule has 0 unspecified atom stereocenters. The van der Waals surface area contributed by atoms with Gasteiger partial charge in [-0.15, -0.1) is 11.3 Å². The largest absolute Gasteiger partial charge is 0.352 e. The molecule has 0 saturated carbocycles. The number of anilines is 2. The molecule has 0 radical (unpaired) electrons. The van der Waals surface area contributed by atoms with Crippen LogP contribution >= 0.6 is 11.3 Å². The Morgan fingerprint density at radius 2 is 1.62 bits per heavy atom. The van der Waals surface area contributed by atoms with Gasteiger partial charge in [0, 0.05) is 17.6 Å². The number of hydrogen-bond acceptors (Lipinski definition) is 4. The Balaban J connectivity index is 1.46. The number of thiazole rings is 1. The summed E-state index contributed by atoms with van der Waals surface area (Å²) in [6.45, 7) is 0.481. The first kappa shape index (κ1) is 17.6. The van der Waals surface area contributed by atoms with Gasteiger partial charge in [-0.05, 0) is 17.7 Å². The van der Waals surface area contributed by atoms with Crippen LogP contribution in [-0.4, -0.2) is 16.9 Å². The number of hydrogen-bond donors (Lipinski definition) is 3. The van der Waals surface area contributed by atoms with Gasteiger partial charge in [-0.2, -0.15) is 0 Å². The molecule has 132 valence electrons. The van der Waals surface area contributed by atoms with E-state index >= 15 is 0 Å². The van der Waals surface area contributed by atoms with Crippen LogP contribution in [0.5, 0.6) is 0 Å². The lowest BCUT2D eigenvalue weighted by Gasteiger charge is -2.05. The minimum atomic E-state index is -0.370. The van der Waals surface area contributed by atoms with E-state index < -0.39 is 0 Å². The number of carbonyl (C=O) groups is 2. The van der Waals surface area contributed by atoms with Crippen molar-refractivity contribution in [1.29, 1.82) is 0 Å². The van der Waals surface area contributed by atoms with Crippen LogP contribution in [0.3, 0.4) is 0 Å². The summed E-state index contributed by atoms with van der Waals surface area (Å²) in [6, 6.07) is 18.5. The van der Waals surface area contributed by atoms with E-state index in [1.54, 1.807) is 17.5 Å². The first-order valence-electron chi connectivity index (χ1n) is 8.07. The van der Waals surface area contributed by atoms with Gasteiger partial charge in [0.1, 0.15) is 0 Å². The van der Waals surface area contributed by atoms with Gasteiger partial charge >= 0.3 is 6.03 Å². The van der Waals surface area contributed by atoms with Crippen LogP contribution in [0.2, 0.25) is 0 Å². The zero-order valence-corrected chi connectivity index (χ0v) is 14.8.